The molecule has 0 aliphatic carbocycles. The highest BCUT2D eigenvalue weighted by Crippen LogP contribution is 2.38. The summed E-state index contributed by atoms with van der Waals surface area (Å²) in [6.45, 7) is 4.31. The van der Waals surface area contributed by atoms with E-state index in [1.165, 1.54) is 0 Å². The number of hydrogen-bond acceptors (Lipinski definition) is 10. The van der Waals surface area contributed by atoms with Crippen molar-refractivity contribution in [3.05, 3.63) is 54.1 Å². The quantitative estimate of drug-likeness (QED) is 0.402. The fraction of sp³-hybridized carbons (Fsp3) is 0.500. The van der Waals surface area contributed by atoms with Crippen LogP contribution in [0.4, 0.5) is 36.8 Å². The van der Waals surface area contributed by atoms with E-state index in [1.54, 1.807) is 48.5 Å². The lowest BCUT2D eigenvalue weighted by Gasteiger charge is -2.37. The van der Waals surface area contributed by atoms with Gasteiger partial charge in [-0.2, -0.15) is 15.0 Å². The van der Waals surface area contributed by atoms with E-state index < -0.39 is 30.5 Å². The van der Waals surface area contributed by atoms with Crippen LogP contribution in [0.2, 0.25) is 0 Å². The maximum atomic E-state index is 15.0. The molecule has 4 bridgehead atoms. The third-order valence-electron chi connectivity index (χ3n) is 10.2. The van der Waals surface area contributed by atoms with Crippen molar-refractivity contribution in [1.29, 1.82) is 0 Å². The first kappa shape index (κ1) is 31.8. The zero-order valence-electron chi connectivity index (χ0n) is 27.2. The number of anilines is 4. The highest BCUT2D eigenvalue weighted by atomic mass is 19.1. The Hall–Kier alpha value is -4.47. The van der Waals surface area contributed by atoms with Gasteiger partial charge in [0.05, 0.1) is 50.6 Å². The van der Waals surface area contributed by atoms with Gasteiger partial charge in [-0.05, 0) is 55.6 Å². The molecule has 5 saturated heterocycles. The average molecular weight is 676 g/mol. The molecule has 0 saturated carbocycles. The first-order valence-electron chi connectivity index (χ1n) is 16.8. The van der Waals surface area contributed by atoms with Gasteiger partial charge in [0.1, 0.15) is 12.3 Å². The molecule has 5 aliphatic rings. The lowest BCUT2D eigenvalue weighted by Crippen LogP contribution is -2.50. The molecule has 1 aromatic heterocycles. The fourth-order valence-electron chi connectivity index (χ4n) is 7.49. The standard InChI is InChI=1S/C34H39F2N9O4/c1-42-10-12-43(13-11-42)31(46)21-4-8-23(9-5-21)38-34(47)37-22-6-2-20(3-7-22)30-39-32(44-24-14-26(35)28(44)18-48-16-24)41-33(40-30)45-25-15-27(36)29(45)19-49-17-25/h2-9,24-29H,10-19H2,1H3,(H2,37,38,47)/t24-,25-,26+,27+,28-,29-/m0/s1. The summed E-state index contributed by atoms with van der Waals surface area (Å²) in [5.41, 5.74) is 2.32. The number of carbonyl (C=O) groups is 2. The maximum absolute atomic E-state index is 15.0. The zero-order valence-corrected chi connectivity index (χ0v) is 27.2. The fourth-order valence-corrected chi connectivity index (χ4v) is 7.49. The Bertz CT molecular complexity index is 1640. The van der Waals surface area contributed by atoms with Crippen molar-refractivity contribution in [3.8, 4) is 11.4 Å². The predicted octanol–water partition coefficient (Wildman–Crippen LogP) is 3.20. The summed E-state index contributed by atoms with van der Waals surface area (Å²) in [7, 11) is 2.04. The second-order valence-corrected chi connectivity index (χ2v) is 13.4. The number of morpholine rings is 2. The second-order valence-electron chi connectivity index (χ2n) is 13.4. The molecule has 8 rings (SSSR count). The van der Waals surface area contributed by atoms with Crippen molar-refractivity contribution in [2.45, 2.75) is 49.4 Å². The number of nitrogens with one attached hydrogen (secondary N) is 2. The SMILES string of the molecule is CN1CCN(C(=O)c2ccc(NC(=O)Nc3ccc(-c4nc(N5[C@@H]6COC[C@H]5[C@H](F)C6)nc(N5[C@@H]6COC[C@H]5[C@H](F)C6)n4)cc3)cc2)CC1. The molecule has 0 unspecified atom stereocenters. The summed E-state index contributed by atoms with van der Waals surface area (Å²) in [5.74, 6) is 1.04. The number of hydrogen-bond donors (Lipinski definition) is 2. The topological polar surface area (TPSA) is 128 Å². The van der Waals surface area contributed by atoms with Crippen molar-refractivity contribution in [2.75, 3.05) is 80.1 Å². The number of amides is 3. The average Bonchev–Trinajstić information content (AvgIpc) is 3.42. The molecule has 6 atom stereocenters. The highest BCUT2D eigenvalue weighted by Gasteiger charge is 2.49. The first-order chi connectivity index (χ1) is 23.8. The van der Waals surface area contributed by atoms with Crippen molar-refractivity contribution in [3.63, 3.8) is 0 Å². The Labute approximate surface area is 282 Å². The molecule has 0 spiro atoms. The van der Waals surface area contributed by atoms with E-state index in [1.807, 2.05) is 21.7 Å². The Kier molecular flexibility index (Phi) is 8.49. The van der Waals surface area contributed by atoms with E-state index in [0.717, 1.165) is 13.1 Å². The number of alkyl halides is 2. The van der Waals surface area contributed by atoms with Gasteiger partial charge >= 0.3 is 6.03 Å². The number of piperazine rings is 1. The lowest BCUT2D eigenvalue weighted by atomic mass is 10.1. The van der Waals surface area contributed by atoms with E-state index in [9.17, 15) is 18.4 Å². The van der Waals surface area contributed by atoms with E-state index in [0.29, 0.717) is 79.4 Å². The Morgan fingerprint density at radius 3 is 1.73 bits per heavy atom. The molecular formula is C34H39F2N9O4. The Balaban J connectivity index is 0.980. The van der Waals surface area contributed by atoms with Crippen LogP contribution in [0.15, 0.2) is 48.5 Å². The van der Waals surface area contributed by atoms with Gasteiger partial charge in [0.15, 0.2) is 5.82 Å². The summed E-state index contributed by atoms with van der Waals surface area (Å²) in [6.07, 6.45) is -1.47. The summed E-state index contributed by atoms with van der Waals surface area (Å²) < 4.78 is 41.2. The smallest absolute Gasteiger partial charge is 0.323 e. The molecule has 2 N–H and O–H groups in total. The van der Waals surface area contributed by atoms with Crippen LogP contribution < -0.4 is 20.4 Å². The minimum Gasteiger partial charge on any atom is -0.377 e. The van der Waals surface area contributed by atoms with Crippen molar-refractivity contribution >= 4 is 35.2 Å². The molecular weight excluding hydrogens is 636 g/mol. The lowest BCUT2D eigenvalue weighted by molar-refractivity contribution is 0.0664. The number of halogens is 2. The van der Waals surface area contributed by atoms with Gasteiger partial charge < -0.3 is 39.7 Å². The van der Waals surface area contributed by atoms with Crippen LogP contribution in [0.3, 0.4) is 0 Å². The summed E-state index contributed by atoms with van der Waals surface area (Å²) in [5, 5.41) is 5.63. The molecule has 2 aromatic carbocycles. The predicted molar refractivity (Wildman–Crippen MR) is 179 cm³/mol. The number of carbonyl (C=O) groups excluding carboxylic acids is 2. The van der Waals surface area contributed by atoms with Crippen LogP contribution in [0.5, 0.6) is 0 Å². The molecule has 15 heteroatoms. The van der Waals surface area contributed by atoms with Crippen LogP contribution in [-0.2, 0) is 9.47 Å². The number of nitrogens with zero attached hydrogens (tertiary/aromatic N) is 7. The molecule has 0 radical (unpaired) electrons. The molecule has 5 aliphatic heterocycles. The number of aromatic nitrogens is 3. The maximum Gasteiger partial charge on any atom is 0.323 e. The third kappa shape index (κ3) is 6.26. The van der Waals surface area contributed by atoms with Crippen molar-refractivity contribution in [1.82, 2.24) is 24.8 Å². The van der Waals surface area contributed by atoms with Gasteiger partial charge in [-0.15, -0.1) is 0 Å². The number of fused-ring (bicyclic) bond motifs is 4. The minimum absolute atomic E-state index is 0.0190. The van der Waals surface area contributed by atoms with E-state index in [2.05, 4.69) is 15.5 Å². The summed E-state index contributed by atoms with van der Waals surface area (Å²) in [4.78, 5) is 47.9. The number of urea groups is 1. The zero-order chi connectivity index (χ0) is 33.6. The summed E-state index contributed by atoms with van der Waals surface area (Å²) in [6, 6.07) is 12.0. The molecule has 3 aromatic rings. The van der Waals surface area contributed by atoms with E-state index in [-0.39, 0.29) is 31.2 Å². The van der Waals surface area contributed by atoms with Crippen LogP contribution >= 0.6 is 0 Å². The van der Waals surface area contributed by atoms with E-state index >= 15 is 0 Å². The molecule has 5 fully saturated rings. The number of rotatable bonds is 6. The van der Waals surface area contributed by atoms with Gasteiger partial charge in [-0.25, -0.2) is 13.6 Å². The van der Waals surface area contributed by atoms with Gasteiger partial charge in [-0.1, -0.05) is 0 Å². The van der Waals surface area contributed by atoms with Gasteiger partial charge in [-0.3, -0.25) is 4.79 Å². The van der Waals surface area contributed by atoms with Gasteiger partial charge in [0, 0.05) is 61.5 Å². The first-order valence-corrected chi connectivity index (χ1v) is 16.8. The van der Waals surface area contributed by atoms with Crippen molar-refractivity contribution in [2.24, 2.45) is 0 Å². The third-order valence-corrected chi connectivity index (χ3v) is 10.2. The molecule has 13 nitrogen and oxygen atoms in total. The minimum atomic E-state index is -1.06. The molecule has 49 heavy (non-hydrogen) atoms. The van der Waals surface area contributed by atoms with Crippen LogP contribution in [-0.4, -0.2) is 133 Å². The summed E-state index contributed by atoms with van der Waals surface area (Å²) >= 11 is 0. The van der Waals surface area contributed by atoms with Crippen molar-refractivity contribution < 1.29 is 27.8 Å². The second kappa shape index (κ2) is 13.1. The normalized spacial score (nSPS) is 28.1. The largest absolute Gasteiger partial charge is 0.377 e. The van der Waals surface area contributed by atoms with Crippen LogP contribution in [0.25, 0.3) is 11.4 Å². The van der Waals surface area contributed by atoms with Gasteiger partial charge in [0.2, 0.25) is 11.9 Å². The Morgan fingerprint density at radius 1 is 0.714 bits per heavy atom. The Morgan fingerprint density at radius 2 is 1.22 bits per heavy atom. The van der Waals surface area contributed by atoms with Gasteiger partial charge in [0.25, 0.3) is 5.91 Å². The molecule has 3 amide bonds. The molecule has 258 valence electrons. The number of benzene rings is 2. The highest BCUT2D eigenvalue weighted by molar-refractivity contribution is 6.00. The number of ether oxygens (including phenoxy) is 2. The molecule has 6 heterocycles. The number of likely N-dealkylation sites (N-methyl/N-ethyl adjacent to an activating group) is 1. The monoisotopic (exact) mass is 675 g/mol. The van der Waals surface area contributed by atoms with Crippen LogP contribution in [0.1, 0.15) is 23.2 Å². The van der Waals surface area contributed by atoms with E-state index in [4.69, 9.17) is 24.4 Å². The van der Waals surface area contributed by atoms with Crippen LogP contribution in [0, 0.1) is 0 Å².